The zero-order chi connectivity index (χ0) is 16.2. The number of hydrogen-bond donors (Lipinski definition) is 1. The van der Waals surface area contributed by atoms with Gasteiger partial charge in [-0.2, -0.15) is 11.8 Å². The third-order valence-corrected chi connectivity index (χ3v) is 5.95. The molecule has 6 heteroatoms. The van der Waals surface area contributed by atoms with E-state index < -0.39 is 0 Å². The van der Waals surface area contributed by atoms with Crippen LogP contribution in [0.3, 0.4) is 0 Å². The lowest BCUT2D eigenvalue weighted by Crippen LogP contribution is -2.55. The fourth-order valence-corrected chi connectivity index (χ4v) is 4.27. The van der Waals surface area contributed by atoms with Crippen molar-refractivity contribution in [3.05, 3.63) is 0 Å². The number of likely N-dealkylation sites (N-methyl/N-ethyl adjacent to an activating group) is 1. The summed E-state index contributed by atoms with van der Waals surface area (Å²) in [5, 5.41) is 3.60. The first-order valence-corrected chi connectivity index (χ1v) is 9.42. The van der Waals surface area contributed by atoms with Crippen LogP contribution in [0.1, 0.15) is 20.8 Å². The lowest BCUT2D eigenvalue weighted by atomic mass is 10.2. The molecule has 0 aliphatic carbocycles. The van der Waals surface area contributed by atoms with Crippen LogP contribution < -0.4 is 5.32 Å². The van der Waals surface area contributed by atoms with Gasteiger partial charge in [0.15, 0.2) is 5.96 Å². The van der Waals surface area contributed by atoms with E-state index >= 15 is 0 Å². The first-order valence-electron chi connectivity index (χ1n) is 8.43. The van der Waals surface area contributed by atoms with Crippen molar-refractivity contribution in [3.8, 4) is 0 Å². The van der Waals surface area contributed by atoms with Crippen LogP contribution in [-0.4, -0.2) is 97.1 Å². The number of nitrogens with one attached hydrogen (secondary N) is 1. The van der Waals surface area contributed by atoms with Crippen molar-refractivity contribution >= 4 is 17.7 Å². The van der Waals surface area contributed by atoms with Gasteiger partial charge in [0.1, 0.15) is 0 Å². The third-order valence-electron chi connectivity index (χ3n) is 4.65. The predicted octanol–water partition coefficient (Wildman–Crippen LogP) is 1.03. The van der Waals surface area contributed by atoms with Crippen LogP contribution in [-0.2, 0) is 0 Å². The summed E-state index contributed by atoms with van der Waals surface area (Å²) in [6, 6.07) is 0.553. The molecule has 2 rings (SSSR count). The number of hydrogen-bond acceptors (Lipinski definition) is 4. The Morgan fingerprint density at radius 1 is 1.23 bits per heavy atom. The van der Waals surface area contributed by atoms with E-state index in [-0.39, 0.29) is 0 Å². The maximum absolute atomic E-state index is 4.50. The Balaban J connectivity index is 1.81. The zero-order valence-electron chi connectivity index (χ0n) is 14.9. The SMILES string of the molecule is CN=C(NCC(C)N1CCN(C)CC1)N1CCSC(C)(C)C1. The molecular weight excluding hydrogens is 294 g/mol. The highest BCUT2D eigenvalue weighted by Crippen LogP contribution is 2.29. The maximum atomic E-state index is 4.50. The smallest absolute Gasteiger partial charge is 0.193 e. The highest BCUT2D eigenvalue weighted by molar-refractivity contribution is 8.00. The van der Waals surface area contributed by atoms with Crippen LogP contribution in [0.15, 0.2) is 4.99 Å². The molecule has 0 radical (unpaired) electrons. The molecule has 2 saturated heterocycles. The number of aliphatic imine (C=N–C) groups is 1. The Labute approximate surface area is 140 Å². The van der Waals surface area contributed by atoms with Crippen LogP contribution in [0.4, 0.5) is 0 Å². The van der Waals surface area contributed by atoms with Crippen molar-refractivity contribution in [1.29, 1.82) is 0 Å². The van der Waals surface area contributed by atoms with Gasteiger partial charge in [-0.1, -0.05) is 0 Å². The van der Waals surface area contributed by atoms with E-state index in [0.717, 1.165) is 25.6 Å². The number of thioether (sulfide) groups is 1. The summed E-state index contributed by atoms with van der Waals surface area (Å²) >= 11 is 2.06. The summed E-state index contributed by atoms with van der Waals surface area (Å²) < 4.78 is 0.318. The van der Waals surface area contributed by atoms with E-state index in [0.29, 0.717) is 10.8 Å². The molecule has 128 valence electrons. The zero-order valence-corrected chi connectivity index (χ0v) is 15.7. The van der Waals surface area contributed by atoms with Gasteiger partial charge in [-0.3, -0.25) is 9.89 Å². The first kappa shape index (κ1) is 17.9. The lowest BCUT2D eigenvalue weighted by Gasteiger charge is -2.40. The van der Waals surface area contributed by atoms with E-state index in [9.17, 15) is 0 Å². The first-order chi connectivity index (χ1) is 10.4. The van der Waals surface area contributed by atoms with Crippen LogP contribution in [0.2, 0.25) is 0 Å². The average molecular weight is 328 g/mol. The topological polar surface area (TPSA) is 34.1 Å². The van der Waals surface area contributed by atoms with Gasteiger partial charge in [0.2, 0.25) is 0 Å². The van der Waals surface area contributed by atoms with Crippen molar-refractivity contribution in [2.75, 3.05) is 65.7 Å². The molecule has 1 atom stereocenters. The minimum Gasteiger partial charge on any atom is -0.355 e. The fraction of sp³-hybridized carbons (Fsp3) is 0.938. The number of rotatable bonds is 3. The average Bonchev–Trinajstić information content (AvgIpc) is 2.47. The summed E-state index contributed by atoms with van der Waals surface area (Å²) in [6.45, 7) is 14.8. The standard InChI is InChI=1S/C16H33N5S/c1-14(20-8-6-19(5)7-9-20)12-18-15(17-4)21-10-11-22-16(2,3)13-21/h14H,6-13H2,1-5H3,(H,17,18). The summed E-state index contributed by atoms with van der Waals surface area (Å²) in [4.78, 5) is 11.9. The van der Waals surface area contributed by atoms with E-state index in [1.54, 1.807) is 0 Å². The summed E-state index contributed by atoms with van der Waals surface area (Å²) in [6.07, 6.45) is 0. The Morgan fingerprint density at radius 3 is 2.50 bits per heavy atom. The lowest BCUT2D eigenvalue weighted by molar-refractivity contribution is 0.119. The van der Waals surface area contributed by atoms with E-state index in [1.807, 2.05) is 7.05 Å². The molecule has 0 aromatic heterocycles. The Kier molecular flexibility index (Phi) is 6.41. The summed E-state index contributed by atoms with van der Waals surface area (Å²) in [5.74, 6) is 2.25. The monoisotopic (exact) mass is 327 g/mol. The minimum atomic E-state index is 0.318. The molecular formula is C16H33N5S. The van der Waals surface area contributed by atoms with Gasteiger partial charge in [-0.05, 0) is 27.8 Å². The molecule has 1 N–H and O–H groups in total. The van der Waals surface area contributed by atoms with Gasteiger partial charge in [-0.15, -0.1) is 0 Å². The Hall–Kier alpha value is -0.460. The molecule has 0 aromatic rings. The van der Waals surface area contributed by atoms with Gasteiger partial charge in [0.25, 0.3) is 0 Å². The molecule has 0 saturated carbocycles. The van der Waals surface area contributed by atoms with E-state index in [4.69, 9.17) is 0 Å². The molecule has 0 spiro atoms. The van der Waals surface area contributed by atoms with Crippen LogP contribution in [0.25, 0.3) is 0 Å². The molecule has 5 nitrogen and oxygen atoms in total. The van der Waals surface area contributed by atoms with Crippen molar-refractivity contribution in [1.82, 2.24) is 20.0 Å². The predicted molar refractivity (Wildman–Crippen MR) is 98.0 cm³/mol. The van der Waals surface area contributed by atoms with Gasteiger partial charge >= 0.3 is 0 Å². The molecule has 2 aliphatic heterocycles. The van der Waals surface area contributed by atoms with Gasteiger partial charge in [-0.25, -0.2) is 0 Å². The van der Waals surface area contributed by atoms with Crippen LogP contribution in [0, 0.1) is 0 Å². The van der Waals surface area contributed by atoms with Crippen molar-refractivity contribution in [3.63, 3.8) is 0 Å². The number of nitrogens with zero attached hydrogens (tertiary/aromatic N) is 4. The highest BCUT2D eigenvalue weighted by atomic mass is 32.2. The van der Waals surface area contributed by atoms with Crippen LogP contribution >= 0.6 is 11.8 Å². The molecule has 0 bridgehead atoms. The van der Waals surface area contributed by atoms with E-state index in [2.05, 4.69) is 64.6 Å². The molecule has 0 aromatic carbocycles. The van der Waals surface area contributed by atoms with Gasteiger partial charge < -0.3 is 15.1 Å². The second-order valence-electron chi connectivity index (χ2n) is 7.15. The normalized spacial score (nSPS) is 26.0. The fourth-order valence-electron chi connectivity index (χ4n) is 3.16. The van der Waals surface area contributed by atoms with Gasteiger partial charge in [0, 0.05) is 69.4 Å². The van der Waals surface area contributed by atoms with Crippen LogP contribution in [0.5, 0.6) is 0 Å². The Morgan fingerprint density at radius 2 is 1.91 bits per heavy atom. The molecule has 1 unspecified atom stereocenters. The second-order valence-corrected chi connectivity index (χ2v) is 8.95. The van der Waals surface area contributed by atoms with E-state index in [1.165, 1.54) is 31.9 Å². The third kappa shape index (κ3) is 5.03. The molecule has 0 amide bonds. The highest BCUT2D eigenvalue weighted by Gasteiger charge is 2.29. The molecule has 2 fully saturated rings. The second kappa shape index (κ2) is 7.88. The minimum absolute atomic E-state index is 0.318. The molecule has 22 heavy (non-hydrogen) atoms. The maximum Gasteiger partial charge on any atom is 0.193 e. The summed E-state index contributed by atoms with van der Waals surface area (Å²) in [5.41, 5.74) is 0. The Bertz CT molecular complexity index is 377. The molecule has 2 heterocycles. The quantitative estimate of drug-likeness (QED) is 0.618. The number of piperazine rings is 1. The molecule has 2 aliphatic rings. The van der Waals surface area contributed by atoms with Gasteiger partial charge in [0.05, 0.1) is 0 Å². The van der Waals surface area contributed by atoms with Crippen molar-refractivity contribution in [2.45, 2.75) is 31.6 Å². The number of guanidine groups is 1. The van der Waals surface area contributed by atoms with Crippen molar-refractivity contribution in [2.24, 2.45) is 4.99 Å². The largest absolute Gasteiger partial charge is 0.355 e. The summed E-state index contributed by atoms with van der Waals surface area (Å²) in [7, 11) is 4.11. The van der Waals surface area contributed by atoms with Crippen molar-refractivity contribution < 1.29 is 0 Å².